The average Bonchev–Trinajstić information content (AvgIpc) is 2.25. The highest BCUT2D eigenvalue weighted by atomic mass is 16.5. The van der Waals surface area contributed by atoms with Crippen molar-refractivity contribution in [1.29, 1.82) is 0 Å². The standard InChI is InChI=1S/C10H15N3O2/c1-7(2)15-6-8-3-4-12-9(5-8)10(11)13-14/h3-5,7,14H,6H2,1-2H3,(H2,11,13). The Bertz CT molecular complexity index is 350. The van der Waals surface area contributed by atoms with Gasteiger partial charge in [-0.2, -0.15) is 0 Å². The molecule has 0 fully saturated rings. The monoisotopic (exact) mass is 209 g/mol. The minimum atomic E-state index is 0.00129. The third kappa shape index (κ3) is 3.55. The first-order valence-electron chi connectivity index (χ1n) is 4.68. The van der Waals surface area contributed by atoms with Crippen molar-refractivity contribution < 1.29 is 9.94 Å². The molecule has 0 aliphatic rings. The molecule has 0 bridgehead atoms. The molecule has 0 unspecified atom stereocenters. The van der Waals surface area contributed by atoms with E-state index in [0.717, 1.165) is 5.56 Å². The second-order valence-electron chi connectivity index (χ2n) is 3.39. The number of aromatic nitrogens is 1. The fourth-order valence-electron chi connectivity index (χ4n) is 1.02. The van der Waals surface area contributed by atoms with Gasteiger partial charge in [0.15, 0.2) is 5.84 Å². The van der Waals surface area contributed by atoms with Crippen molar-refractivity contribution in [3.05, 3.63) is 29.6 Å². The minimum absolute atomic E-state index is 0.00129. The Labute approximate surface area is 88.6 Å². The van der Waals surface area contributed by atoms with Crippen molar-refractivity contribution in [2.24, 2.45) is 10.9 Å². The van der Waals surface area contributed by atoms with Crippen LogP contribution in [0, 0.1) is 0 Å². The molecule has 0 saturated carbocycles. The molecule has 0 radical (unpaired) electrons. The summed E-state index contributed by atoms with van der Waals surface area (Å²) in [5.41, 5.74) is 6.81. The summed E-state index contributed by atoms with van der Waals surface area (Å²) in [7, 11) is 0. The van der Waals surface area contributed by atoms with Crippen LogP contribution < -0.4 is 5.73 Å². The number of hydrogen-bond donors (Lipinski definition) is 2. The van der Waals surface area contributed by atoms with E-state index < -0.39 is 0 Å². The summed E-state index contributed by atoms with van der Waals surface area (Å²) in [6, 6.07) is 3.56. The van der Waals surface area contributed by atoms with E-state index in [0.29, 0.717) is 12.3 Å². The predicted octanol–water partition coefficient (Wildman–Crippen LogP) is 1.10. The number of nitrogens with zero attached hydrogens (tertiary/aromatic N) is 2. The zero-order valence-corrected chi connectivity index (χ0v) is 8.84. The van der Waals surface area contributed by atoms with E-state index in [-0.39, 0.29) is 11.9 Å². The molecule has 0 amide bonds. The van der Waals surface area contributed by atoms with Crippen LogP contribution in [0.25, 0.3) is 0 Å². The largest absolute Gasteiger partial charge is 0.409 e. The van der Waals surface area contributed by atoms with Crippen LogP contribution in [0.1, 0.15) is 25.1 Å². The quantitative estimate of drug-likeness (QED) is 0.337. The summed E-state index contributed by atoms with van der Waals surface area (Å²) < 4.78 is 5.43. The van der Waals surface area contributed by atoms with Crippen molar-refractivity contribution in [3.63, 3.8) is 0 Å². The van der Waals surface area contributed by atoms with Crippen LogP contribution in [0.15, 0.2) is 23.5 Å². The number of oxime groups is 1. The lowest BCUT2D eigenvalue weighted by molar-refractivity contribution is 0.0656. The first-order chi connectivity index (χ1) is 7.13. The summed E-state index contributed by atoms with van der Waals surface area (Å²) >= 11 is 0. The molecular formula is C10H15N3O2. The summed E-state index contributed by atoms with van der Waals surface area (Å²) in [6.07, 6.45) is 1.78. The molecule has 1 heterocycles. The molecular weight excluding hydrogens is 194 g/mol. The van der Waals surface area contributed by atoms with Crippen molar-refractivity contribution in [3.8, 4) is 0 Å². The van der Waals surface area contributed by atoms with Gasteiger partial charge in [0.2, 0.25) is 0 Å². The molecule has 0 saturated heterocycles. The summed E-state index contributed by atoms with van der Waals surface area (Å²) in [5, 5.41) is 11.4. The third-order valence-electron chi connectivity index (χ3n) is 1.78. The predicted molar refractivity (Wildman–Crippen MR) is 56.7 cm³/mol. The maximum atomic E-state index is 8.49. The van der Waals surface area contributed by atoms with E-state index in [1.807, 2.05) is 19.9 Å². The van der Waals surface area contributed by atoms with Crippen LogP contribution in [-0.2, 0) is 11.3 Å². The SMILES string of the molecule is CC(C)OCc1ccnc(C(N)=NO)c1. The zero-order valence-electron chi connectivity index (χ0n) is 8.84. The molecule has 0 atom stereocenters. The molecule has 0 spiro atoms. The Morgan fingerprint density at radius 1 is 1.67 bits per heavy atom. The molecule has 3 N–H and O–H groups in total. The van der Waals surface area contributed by atoms with Crippen LogP contribution in [0.3, 0.4) is 0 Å². The summed E-state index contributed by atoms with van der Waals surface area (Å²) in [5.74, 6) is 0.00129. The van der Waals surface area contributed by atoms with Gasteiger partial charge in [-0.25, -0.2) is 0 Å². The number of hydrogen-bond acceptors (Lipinski definition) is 4. The van der Waals surface area contributed by atoms with Gasteiger partial charge in [-0.05, 0) is 31.5 Å². The molecule has 1 aromatic rings. The second-order valence-corrected chi connectivity index (χ2v) is 3.39. The van der Waals surface area contributed by atoms with Crippen LogP contribution in [0.2, 0.25) is 0 Å². The first-order valence-corrected chi connectivity index (χ1v) is 4.68. The second kappa shape index (κ2) is 5.31. The van der Waals surface area contributed by atoms with E-state index in [1.165, 1.54) is 0 Å². The van der Waals surface area contributed by atoms with E-state index in [1.54, 1.807) is 12.3 Å². The van der Waals surface area contributed by atoms with Crippen LogP contribution in [-0.4, -0.2) is 22.1 Å². The van der Waals surface area contributed by atoms with E-state index in [9.17, 15) is 0 Å². The lowest BCUT2D eigenvalue weighted by atomic mass is 10.2. The molecule has 1 rings (SSSR count). The topological polar surface area (TPSA) is 80.7 Å². The fraction of sp³-hybridized carbons (Fsp3) is 0.400. The van der Waals surface area contributed by atoms with Gasteiger partial charge in [0, 0.05) is 6.20 Å². The van der Waals surface area contributed by atoms with Crippen molar-refractivity contribution >= 4 is 5.84 Å². The van der Waals surface area contributed by atoms with Crippen molar-refractivity contribution in [1.82, 2.24) is 4.98 Å². The summed E-state index contributed by atoms with van der Waals surface area (Å²) in [6.45, 7) is 4.42. The first kappa shape index (κ1) is 11.5. The van der Waals surface area contributed by atoms with E-state index in [4.69, 9.17) is 15.7 Å². The zero-order chi connectivity index (χ0) is 11.3. The molecule has 82 valence electrons. The highest BCUT2D eigenvalue weighted by Crippen LogP contribution is 2.05. The van der Waals surface area contributed by atoms with Crippen molar-refractivity contribution in [2.45, 2.75) is 26.6 Å². The Kier molecular flexibility index (Phi) is 4.05. The normalized spacial score (nSPS) is 12.1. The van der Waals surface area contributed by atoms with Gasteiger partial charge in [0.1, 0.15) is 5.69 Å². The minimum Gasteiger partial charge on any atom is -0.409 e. The van der Waals surface area contributed by atoms with Gasteiger partial charge in [-0.3, -0.25) is 4.98 Å². The van der Waals surface area contributed by atoms with Gasteiger partial charge in [-0.15, -0.1) is 0 Å². The fourth-order valence-corrected chi connectivity index (χ4v) is 1.02. The third-order valence-corrected chi connectivity index (χ3v) is 1.78. The lowest BCUT2D eigenvalue weighted by Crippen LogP contribution is -2.15. The van der Waals surface area contributed by atoms with Gasteiger partial charge < -0.3 is 15.7 Å². The highest BCUT2D eigenvalue weighted by Gasteiger charge is 2.02. The maximum absolute atomic E-state index is 8.49. The van der Waals surface area contributed by atoms with E-state index in [2.05, 4.69) is 10.1 Å². The Hall–Kier alpha value is -1.62. The molecule has 1 aromatic heterocycles. The lowest BCUT2D eigenvalue weighted by Gasteiger charge is -2.07. The van der Waals surface area contributed by atoms with Gasteiger partial charge in [-0.1, -0.05) is 5.16 Å². The molecule has 0 aliphatic heterocycles. The van der Waals surface area contributed by atoms with Gasteiger partial charge >= 0.3 is 0 Å². The van der Waals surface area contributed by atoms with Crippen LogP contribution in [0.4, 0.5) is 0 Å². The molecule has 15 heavy (non-hydrogen) atoms. The average molecular weight is 209 g/mol. The number of pyridine rings is 1. The molecule has 0 aliphatic carbocycles. The molecule has 5 nitrogen and oxygen atoms in total. The molecule has 5 heteroatoms. The Morgan fingerprint density at radius 2 is 2.40 bits per heavy atom. The Morgan fingerprint density at radius 3 is 3.00 bits per heavy atom. The maximum Gasteiger partial charge on any atom is 0.188 e. The smallest absolute Gasteiger partial charge is 0.188 e. The Balaban J connectivity index is 2.74. The number of nitrogens with two attached hydrogens (primary N) is 1. The highest BCUT2D eigenvalue weighted by molar-refractivity contribution is 5.95. The van der Waals surface area contributed by atoms with Gasteiger partial charge in [0.25, 0.3) is 0 Å². The van der Waals surface area contributed by atoms with Crippen molar-refractivity contribution in [2.75, 3.05) is 0 Å². The molecule has 0 aromatic carbocycles. The number of amidine groups is 1. The summed E-state index contributed by atoms with van der Waals surface area (Å²) in [4.78, 5) is 3.97. The number of rotatable bonds is 4. The van der Waals surface area contributed by atoms with Gasteiger partial charge in [0.05, 0.1) is 12.7 Å². The van der Waals surface area contributed by atoms with Crippen LogP contribution in [0.5, 0.6) is 0 Å². The number of ether oxygens (including phenoxy) is 1. The van der Waals surface area contributed by atoms with Crippen LogP contribution >= 0.6 is 0 Å². The van der Waals surface area contributed by atoms with E-state index >= 15 is 0 Å².